The van der Waals surface area contributed by atoms with E-state index >= 15 is 0 Å². The average molecular weight is 278 g/mol. The van der Waals surface area contributed by atoms with Crippen LogP contribution in [-0.2, 0) is 6.54 Å². The van der Waals surface area contributed by atoms with Crippen LogP contribution in [-0.4, -0.2) is 35.0 Å². The normalized spacial score (nSPS) is 22.9. The number of anilines is 1. The fraction of sp³-hybridized carbons (Fsp3) is 0.625. The first-order valence-corrected chi connectivity index (χ1v) is 8.47. The highest BCUT2D eigenvalue weighted by molar-refractivity contribution is 8.00. The number of hydrogen-bond donors (Lipinski definition) is 1. The summed E-state index contributed by atoms with van der Waals surface area (Å²) in [7, 11) is 0. The van der Waals surface area contributed by atoms with Crippen LogP contribution in [0.2, 0.25) is 0 Å². The van der Waals surface area contributed by atoms with E-state index in [-0.39, 0.29) is 0 Å². The molecule has 1 saturated heterocycles. The Hall–Kier alpha value is -0.670. The molecular formula is C16H26N2S. The van der Waals surface area contributed by atoms with Crippen LogP contribution in [0.3, 0.4) is 0 Å². The molecule has 2 nitrogen and oxygen atoms in total. The van der Waals surface area contributed by atoms with E-state index < -0.39 is 0 Å². The fourth-order valence-electron chi connectivity index (χ4n) is 2.60. The summed E-state index contributed by atoms with van der Waals surface area (Å²) in [6, 6.07) is 9.55. The van der Waals surface area contributed by atoms with Crippen molar-refractivity contribution in [3.05, 3.63) is 29.8 Å². The van der Waals surface area contributed by atoms with E-state index in [1.165, 1.54) is 23.4 Å². The first-order valence-electron chi connectivity index (χ1n) is 7.42. The molecule has 0 radical (unpaired) electrons. The summed E-state index contributed by atoms with van der Waals surface area (Å²) in [6.07, 6.45) is 1.28. The van der Waals surface area contributed by atoms with Crippen LogP contribution in [0.5, 0.6) is 0 Å². The van der Waals surface area contributed by atoms with Crippen LogP contribution >= 0.6 is 11.8 Å². The summed E-state index contributed by atoms with van der Waals surface area (Å²) >= 11 is 2.08. The molecule has 1 heterocycles. The van der Waals surface area contributed by atoms with Gasteiger partial charge >= 0.3 is 0 Å². The Labute approximate surface area is 122 Å². The van der Waals surface area contributed by atoms with Crippen LogP contribution in [0, 0.1) is 0 Å². The van der Waals surface area contributed by atoms with E-state index in [2.05, 4.69) is 67.0 Å². The van der Waals surface area contributed by atoms with Gasteiger partial charge in [-0.15, -0.1) is 0 Å². The molecule has 1 aliphatic rings. The summed E-state index contributed by atoms with van der Waals surface area (Å²) in [5.41, 5.74) is 2.69. The maximum absolute atomic E-state index is 3.70. The highest BCUT2D eigenvalue weighted by Crippen LogP contribution is 2.29. The fourth-order valence-corrected chi connectivity index (χ4v) is 3.80. The molecule has 0 amide bonds. The second-order valence-electron chi connectivity index (χ2n) is 5.28. The van der Waals surface area contributed by atoms with Gasteiger partial charge in [0.25, 0.3) is 0 Å². The van der Waals surface area contributed by atoms with Crippen LogP contribution in [0.15, 0.2) is 24.3 Å². The SMILES string of the molecule is CCN(CC)Cc1cccc(NC2CCSC2C)c1. The number of benzene rings is 1. The Kier molecular flexibility index (Phi) is 5.59. The van der Waals surface area contributed by atoms with Gasteiger partial charge in [-0.2, -0.15) is 11.8 Å². The predicted octanol–water partition coefficient (Wildman–Crippen LogP) is 3.83. The number of hydrogen-bond acceptors (Lipinski definition) is 3. The first-order chi connectivity index (χ1) is 9.22. The summed E-state index contributed by atoms with van der Waals surface area (Å²) in [6.45, 7) is 10.1. The second-order valence-corrected chi connectivity index (χ2v) is 6.76. The lowest BCUT2D eigenvalue weighted by Gasteiger charge is -2.21. The zero-order valence-corrected chi connectivity index (χ0v) is 13.2. The minimum absolute atomic E-state index is 0.633. The van der Waals surface area contributed by atoms with Crippen molar-refractivity contribution in [3.63, 3.8) is 0 Å². The second kappa shape index (κ2) is 7.20. The topological polar surface area (TPSA) is 15.3 Å². The molecule has 0 aliphatic carbocycles. The molecule has 1 fully saturated rings. The van der Waals surface area contributed by atoms with Gasteiger partial charge in [0.05, 0.1) is 0 Å². The Bertz CT molecular complexity index is 390. The van der Waals surface area contributed by atoms with E-state index in [4.69, 9.17) is 0 Å². The lowest BCUT2D eigenvalue weighted by Crippen LogP contribution is -2.25. The first kappa shape index (κ1) is 14.7. The van der Waals surface area contributed by atoms with Crippen molar-refractivity contribution in [2.24, 2.45) is 0 Å². The third-order valence-electron chi connectivity index (χ3n) is 3.96. The molecule has 2 rings (SSSR count). The van der Waals surface area contributed by atoms with Crippen molar-refractivity contribution < 1.29 is 0 Å². The van der Waals surface area contributed by atoms with Gasteiger partial charge < -0.3 is 5.32 Å². The Morgan fingerprint density at radius 2 is 2.11 bits per heavy atom. The monoisotopic (exact) mass is 278 g/mol. The maximum atomic E-state index is 3.70. The van der Waals surface area contributed by atoms with Crippen LogP contribution in [0.25, 0.3) is 0 Å². The smallest absolute Gasteiger partial charge is 0.0385 e. The summed E-state index contributed by atoms with van der Waals surface area (Å²) in [5.74, 6) is 1.29. The Morgan fingerprint density at radius 1 is 1.32 bits per heavy atom. The van der Waals surface area contributed by atoms with Crippen molar-refractivity contribution >= 4 is 17.4 Å². The molecule has 1 aromatic carbocycles. The Balaban J connectivity index is 1.98. The van der Waals surface area contributed by atoms with Crippen LogP contribution in [0.4, 0.5) is 5.69 Å². The zero-order valence-electron chi connectivity index (χ0n) is 12.4. The van der Waals surface area contributed by atoms with Gasteiger partial charge in [0, 0.05) is 23.5 Å². The van der Waals surface area contributed by atoms with Gasteiger partial charge in [0.1, 0.15) is 0 Å². The van der Waals surface area contributed by atoms with Gasteiger partial charge in [-0.25, -0.2) is 0 Å². The van der Waals surface area contributed by atoms with E-state index in [0.717, 1.165) is 24.9 Å². The molecule has 2 atom stereocenters. The summed E-state index contributed by atoms with van der Waals surface area (Å²) < 4.78 is 0. The Morgan fingerprint density at radius 3 is 2.74 bits per heavy atom. The van der Waals surface area contributed by atoms with E-state index in [9.17, 15) is 0 Å². The minimum atomic E-state index is 0.633. The third kappa shape index (κ3) is 4.15. The molecule has 0 bridgehead atoms. The number of nitrogens with zero attached hydrogens (tertiary/aromatic N) is 1. The van der Waals surface area contributed by atoms with Gasteiger partial charge in [-0.1, -0.05) is 32.9 Å². The van der Waals surface area contributed by atoms with Gasteiger partial charge in [-0.05, 0) is 43.0 Å². The molecule has 0 saturated carbocycles. The lowest BCUT2D eigenvalue weighted by atomic mass is 10.1. The van der Waals surface area contributed by atoms with Crippen molar-refractivity contribution in [1.29, 1.82) is 0 Å². The maximum Gasteiger partial charge on any atom is 0.0385 e. The molecule has 1 aliphatic heterocycles. The van der Waals surface area contributed by atoms with Gasteiger partial charge in [-0.3, -0.25) is 4.90 Å². The van der Waals surface area contributed by atoms with Crippen molar-refractivity contribution in [2.75, 3.05) is 24.2 Å². The molecule has 1 aromatic rings. The highest BCUT2D eigenvalue weighted by Gasteiger charge is 2.23. The van der Waals surface area contributed by atoms with Crippen molar-refractivity contribution in [3.8, 4) is 0 Å². The number of rotatable bonds is 6. The summed E-state index contributed by atoms with van der Waals surface area (Å²) in [4.78, 5) is 2.45. The highest BCUT2D eigenvalue weighted by atomic mass is 32.2. The molecule has 1 N–H and O–H groups in total. The molecule has 2 unspecified atom stereocenters. The van der Waals surface area contributed by atoms with E-state index in [1.807, 2.05) is 0 Å². The molecule has 0 spiro atoms. The van der Waals surface area contributed by atoms with E-state index in [0.29, 0.717) is 6.04 Å². The van der Waals surface area contributed by atoms with Gasteiger partial charge in [0.15, 0.2) is 0 Å². The molecular weight excluding hydrogens is 252 g/mol. The largest absolute Gasteiger partial charge is 0.381 e. The molecule has 106 valence electrons. The zero-order chi connectivity index (χ0) is 13.7. The standard InChI is InChI=1S/C16H26N2S/c1-4-18(5-2)12-14-7-6-8-15(11-14)17-16-9-10-19-13(16)3/h6-8,11,13,16-17H,4-5,9-10,12H2,1-3H3. The quantitative estimate of drug-likeness (QED) is 0.851. The molecule has 0 aromatic heterocycles. The third-order valence-corrected chi connectivity index (χ3v) is 5.28. The van der Waals surface area contributed by atoms with Gasteiger partial charge in [0.2, 0.25) is 0 Å². The van der Waals surface area contributed by atoms with Crippen LogP contribution in [0.1, 0.15) is 32.8 Å². The predicted molar refractivity (Wildman–Crippen MR) is 87.0 cm³/mol. The van der Waals surface area contributed by atoms with E-state index in [1.54, 1.807) is 0 Å². The number of nitrogens with one attached hydrogen (secondary N) is 1. The summed E-state index contributed by atoms with van der Waals surface area (Å²) in [5, 5.41) is 4.43. The van der Waals surface area contributed by atoms with Crippen LogP contribution < -0.4 is 5.32 Å². The lowest BCUT2D eigenvalue weighted by molar-refractivity contribution is 0.296. The minimum Gasteiger partial charge on any atom is -0.381 e. The number of thioether (sulfide) groups is 1. The molecule has 19 heavy (non-hydrogen) atoms. The molecule has 3 heteroatoms. The van der Waals surface area contributed by atoms with Crippen molar-refractivity contribution in [1.82, 2.24) is 4.90 Å². The van der Waals surface area contributed by atoms with Crippen molar-refractivity contribution in [2.45, 2.75) is 45.0 Å². The average Bonchev–Trinajstić information content (AvgIpc) is 2.82.